The summed E-state index contributed by atoms with van der Waals surface area (Å²) in [6.45, 7) is 0. The molecule has 5 heteroatoms. The van der Waals surface area contributed by atoms with Crippen LogP contribution in [-0.4, -0.2) is 24.5 Å². The van der Waals surface area contributed by atoms with Crippen molar-refractivity contribution < 1.29 is 14.7 Å². The van der Waals surface area contributed by atoms with E-state index in [9.17, 15) is 4.79 Å². The lowest BCUT2D eigenvalue weighted by Gasteiger charge is -2.03. The number of benzene rings is 1. The summed E-state index contributed by atoms with van der Waals surface area (Å²) in [5, 5.41) is 11.2. The first-order chi connectivity index (χ1) is 6.69. The first-order valence-corrected chi connectivity index (χ1v) is 3.84. The molecule has 5 nitrogen and oxygen atoms in total. The van der Waals surface area contributed by atoms with E-state index in [1.165, 1.54) is 19.2 Å². The highest BCUT2D eigenvalue weighted by molar-refractivity contribution is 5.99. The number of rotatable bonds is 2. The van der Waals surface area contributed by atoms with E-state index in [1.807, 2.05) is 0 Å². The molecule has 0 amide bonds. The van der Waals surface area contributed by atoms with E-state index in [0.717, 1.165) is 6.21 Å². The minimum Gasteiger partial charge on any atom is -0.465 e. The van der Waals surface area contributed by atoms with Crippen molar-refractivity contribution in [3.05, 3.63) is 29.3 Å². The predicted molar refractivity (Wildman–Crippen MR) is 51.6 cm³/mol. The Kier molecular flexibility index (Phi) is 3.06. The molecule has 1 aromatic rings. The molecule has 0 aliphatic heterocycles. The molecule has 0 aliphatic carbocycles. The summed E-state index contributed by atoms with van der Waals surface area (Å²) in [5.41, 5.74) is 6.70. The first-order valence-electron chi connectivity index (χ1n) is 3.84. The second kappa shape index (κ2) is 4.27. The number of ether oxygens (including phenoxy) is 1. The number of anilines is 1. The average Bonchev–Trinajstić information content (AvgIpc) is 2.17. The number of esters is 1. The third-order valence-electron chi connectivity index (χ3n) is 1.68. The average molecular weight is 194 g/mol. The van der Waals surface area contributed by atoms with Crippen molar-refractivity contribution in [2.75, 3.05) is 12.8 Å². The van der Waals surface area contributed by atoms with Crippen molar-refractivity contribution in [2.45, 2.75) is 0 Å². The van der Waals surface area contributed by atoms with Crippen LogP contribution in [0.15, 0.2) is 23.4 Å². The van der Waals surface area contributed by atoms with Crippen molar-refractivity contribution in [2.24, 2.45) is 5.16 Å². The molecule has 1 aromatic carbocycles. The molecular formula is C9H10N2O3. The number of carbonyl (C=O) groups is 1. The van der Waals surface area contributed by atoms with Crippen molar-refractivity contribution in [1.29, 1.82) is 0 Å². The van der Waals surface area contributed by atoms with Crippen LogP contribution < -0.4 is 5.73 Å². The summed E-state index contributed by atoms with van der Waals surface area (Å²) >= 11 is 0. The fourth-order valence-electron chi connectivity index (χ4n) is 1.05. The van der Waals surface area contributed by atoms with Gasteiger partial charge in [0, 0.05) is 11.3 Å². The molecule has 0 aliphatic rings. The summed E-state index contributed by atoms with van der Waals surface area (Å²) in [5.74, 6) is -0.500. The highest BCUT2D eigenvalue weighted by Crippen LogP contribution is 2.12. The van der Waals surface area contributed by atoms with Gasteiger partial charge in [-0.2, -0.15) is 0 Å². The Balaban J connectivity index is 3.21. The lowest BCUT2D eigenvalue weighted by molar-refractivity contribution is 0.0600. The lowest BCUT2D eigenvalue weighted by Crippen LogP contribution is -2.06. The van der Waals surface area contributed by atoms with E-state index in [4.69, 9.17) is 10.9 Å². The Morgan fingerprint density at radius 1 is 1.64 bits per heavy atom. The molecular weight excluding hydrogens is 184 g/mol. The molecule has 0 unspecified atom stereocenters. The largest absolute Gasteiger partial charge is 0.465 e. The fraction of sp³-hybridized carbons (Fsp3) is 0.111. The van der Waals surface area contributed by atoms with Crippen molar-refractivity contribution in [3.63, 3.8) is 0 Å². The standard InChI is InChI=1S/C9H10N2O3/c1-14-9(12)8-3-2-7(10)4-6(8)5-11-13/h2-5,13H,10H2,1H3. The number of hydrogen-bond acceptors (Lipinski definition) is 5. The predicted octanol–water partition coefficient (Wildman–Crippen LogP) is 0.863. The van der Waals surface area contributed by atoms with Crippen LogP contribution in [0.1, 0.15) is 15.9 Å². The fourth-order valence-corrected chi connectivity index (χ4v) is 1.05. The van der Waals surface area contributed by atoms with Gasteiger partial charge in [0.05, 0.1) is 18.9 Å². The van der Waals surface area contributed by atoms with Gasteiger partial charge in [-0.15, -0.1) is 0 Å². The third-order valence-corrected chi connectivity index (χ3v) is 1.68. The van der Waals surface area contributed by atoms with Crippen molar-refractivity contribution >= 4 is 17.9 Å². The number of carbonyl (C=O) groups excluding carboxylic acids is 1. The van der Waals surface area contributed by atoms with Gasteiger partial charge in [0.1, 0.15) is 0 Å². The van der Waals surface area contributed by atoms with Gasteiger partial charge in [0.15, 0.2) is 0 Å². The molecule has 0 aromatic heterocycles. The van der Waals surface area contributed by atoms with Crippen molar-refractivity contribution in [1.82, 2.24) is 0 Å². The van der Waals surface area contributed by atoms with Gasteiger partial charge in [0.2, 0.25) is 0 Å². The Bertz CT molecular complexity index is 374. The van der Waals surface area contributed by atoms with Gasteiger partial charge < -0.3 is 15.7 Å². The summed E-state index contributed by atoms with van der Waals surface area (Å²) in [4.78, 5) is 11.2. The second-order valence-electron chi connectivity index (χ2n) is 2.58. The van der Waals surface area contributed by atoms with Crippen LogP contribution in [0, 0.1) is 0 Å². The van der Waals surface area contributed by atoms with Crippen LogP contribution >= 0.6 is 0 Å². The lowest BCUT2D eigenvalue weighted by atomic mass is 10.1. The van der Waals surface area contributed by atoms with E-state index < -0.39 is 5.97 Å². The van der Waals surface area contributed by atoms with Crippen LogP contribution in [0.5, 0.6) is 0 Å². The van der Waals surface area contributed by atoms with Crippen LogP contribution in [0.25, 0.3) is 0 Å². The highest BCUT2D eigenvalue weighted by Gasteiger charge is 2.10. The summed E-state index contributed by atoms with van der Waals surface area (Å²) in [6, 6.07) is 4.60. The van der Waals surface area contributed by atoms with Crippen LogP contribution in [0.3, 0.4) is 0 Å². The molecule has 1 rings (SSSR count). The summed E-state index contributed by atoms with van der Waals surface area (Å²) in [7, 11) is 1.28. The van der Waals surface area contributed by atoms with Crippen LogP contribution in [0.2, 0.25) is 0 Å². The first kappa shape index (κ1) is 10.0. The molecule has 0 bridgehead atoms. The molecule has 0 saturated heterocycles. The maximum atomic E-state index is 11.2. The number of nitrogens with zero attached hydrogens (tertiary/aromatic N) is 1. The molecule has 74 valence electrons. The maximum Gasteiger partial charge on any atom is 0.338 e. The highest BCUT2D eigenvalue weighted by atomic mass is 16.5. The van der Waals surface area contributed by atoms with Gasteiger partial charge in [-0.05, 0) is 18.2 Å². The van der Waals surface area contributed by atoms with E-state index in [0.29, 0.717) is 16.8 Å². The maximum absolute atomic E-state index is 11.2. The topological polar surface area (TPSA) is 84.9 Å². The Morgan fingerprint density at radius 3 is 2.93 bits per heavy atom. The number of oxime groups is 1. The van der Waals surface area contributed by atoms with Gasteiger partial charge in [0.25, 0.3) is 0 Å². The smallest absolute Gasteiger partial charge is 0.338 e. The van der Waals surface area contributed by atoms with E-state index in [-0.39, 0.29) is 0 Å². The third kappa shape index (κ3) is 2.01. The minimum atomic E-state index is -0.500. The normalized spacial score (nSPS) is 10.4. The van der Waals surface area contributed by atoms with Crippen molar-refractivity contribution in [3.8, 4) is 0 Å². The number of methoxy groups -OCH3 is 1. The minimum absolute atomic E-state index is 0.305. The SMILES string of the molecule is COC(=O)c1ccc(N)cc1C=NO. The zero-order valence-corrected chi connectivity index (χ0v) is 7.60. The number of nitrogen functional groups attached to an aromatic ring is 1. The Hall–Kier alpha value is -2.04. The molecule has 0 heterocycles. The molecule has 0 radical (unpaired) electrons. The number of hydrogen-bond donors (Lipinski definition) is 2. The summed E-state index contributed by atoms with van der Waals surface area (Å²) < 4.78 is 4.54. The Morgan fingerprint density at radius 2 is 2.36 bits per heavy atom. The molecule has 14 heavy (non-hydrogen) atoms. The summed E-state index contributed by atoms with van der Waals surface area (Å²) in [6.07, 6.45) is 1.13. The second-order valence-corrected chi connectivity index (χ2v) is 2.58. The van der Waals surface area contributed by atoms with Gasteiger partial charge >= 0.3 is 5.97 Å². The molecule has 0 fully saturated rings. The van der Waals surface area contributed by atoms with Gasteiger partial charge in [-0.1, -0.05) is 5.16 Å². The van der Waals surface area contributed by atoms with E-state index in [2.05, 4.69) is 9.89 Å². The monoisotopic (exact) mass is 194 g/mol. The molecule has 3 N–H and O–H groups in total. The van der Waals surface area contributed by atoms with E-state index >= 15 is 0 Å². The Labute approximate surface area is 80.8 Å². The van der Waals surface area contributed by atoms with Crippen LogP contribution in [0.4, 0.5) is 5.69 Å². The van der Waals surface area contributed by atoms with Crippen LogP contribution in [-0.2, 0) is 4.74 Å². The van der Waals surface area contributed by atoms with Gasteiger partial charge in [-0.25, -0.2) is 4.79 Å². The molecule has 0 atom stereocenters. The molecule has 0 saturated carbocycles. The zero-order chi connectivity index (χ0) is 10.6. The van der Waals surface area contributed by atoms with Gasteiger partial charge in [-0.3, -0.25) is 0 Å². The molecule has 0 spiro atoms. The zero-order valence-electron chi connectivity index (χ0n) is 7.60. The quantitative estimate of drug-likeness (QED) is 0.240. The van der Waals surface area contributed by atoms with E-state index in [1.54, 1.807) is 6.07 Å². The number of nitrogens with two attached hydrogens (primary N) is 1.